The summed E-state index contributed by atoms with van der Waals surface area (Å²) in [6.07, 6.45) is 0.272. The van der Waals surface area contributed by atoms with Crippen LogP contribution < -0.4 is 10.6 Å². The molecule has 0 aliphatic heterocycles. The van der Waals surface area contributed by atoms with E-state index in [-0.39, 0.29) is 30.6 Å². The van der Waals surface area contributed by atoms with Gasteiger partial charge in [0.15, 0.2) is 5.78 Å². The molecule has 2 N–H and O–H groups in total. The minimum atomic E-state index is -0.351. The van der Waals surface area contributed by atoms with E-state index in [0.717, 1.165) is 5.56 Å². The Hall–Kier alpha value is -3.44. The molecule has 3 aromatic carbocycles. The molecule has 29 heavy (non-hydrogen) atoms. The Labute approximate surface area is 173 Å². The number of hydrogen-bond donors (Lipinski definition) is 2. The highest BCUT2D eigenvalue weighted by Gasteiger charge is 2.11. The van der Waals surface area contributed by atoms with Crippen molar-refractivity contribution < 1.29 is 14.4 Å². The normalized spacial score (nSPS) is 10.2. The fraction of sp³-hybridized carbons (Fsp3) is 0.0870. The van der Waals surface area contributed by atoms with Crippen LogP contribution in [0.15, 0.2) is 78.9 Å². The molecule has 0 heterocycles. The summed E-state index contributed by atoms with van der Waals surface area (Å²) in [7, 11) is 0. The van der Waals surface area contributed by atoms with E-state index in [0.29, 0.717) is 21.8 Å². The third-order valence-corrected chi connectivity index (χ3v) is 4.54. The summed E-state index contributed by atoms with van der Waals surface area (Å²) in [6.45, 7) is -0.0429. The summed E-state index contributed by atoms with van der Waals surface area (Å²) < 4.78 is 0. The molecule has 0 aromatic heterocycles. The van der Waals surface area contributed by atoms with Gasteiger partial charge >= 0.3 is 0 Å². The third kappa shape index (κ3) is 5.77. The molecular formula is C23H19ClN2O3. The number of carbonyl (C=O) groups is 3. The van der Waals surface area contributed by atoms with Gasteiger partial charge in [-0.1, -0.05) is 54.1 Å². The molecule has 2 amide bonds. The van der Waals surface area contributed by atoms with E-state index in [1.807, 2.05) is 30.3 Å². The number of hydrogen-bond acceptors (Lipinski definition) is 3. The SMILES string of the molecule is O=C(CNC(=O)c1ccc(NC(=O)c2ccccc2Cl)cc1)Cc1ccccc1. The number of ketones is 1. The van der Waals surface area contributed by atoms with Gasteiger partial charge in [0.1, 0.15) is 0 Å². The van der Waals surface area contributed by atoms with Crippen LogP contribution in [-0.2, 0) is 11.2 Å². The topological polar surface area (TPSA) is 75.3 Å². The minimum absolute atomic E-state index is 0.0429. The van der Waals surface area contributed by atoms with Crippen LogP contribution in [0.5, 0.6) is 0 Å². The van der Waals surface area contributed by atoms with E-state index in [1.54, 1.807) is 48.5 Å². The van der Waals surface area contributed by atoms with Crippen molar-refractivity contribution in [2.75, 3.05) is 11.9 Å². The molecule has 0 saturated carbocycles. The number of Topliss-reactive ketones (excluding diaryl/α,β-unsaturated/α-hetero) is 1. The van der Waals surface area contributed by atoms with Crippen molar-refractivity contribution in [3.05, 3.63) is 101 Å². The van der Waals surface area contributed by atoms with Gasteiger partial charge in [-0.2, -0.15) is 0 Å². The number of amides is 2. The second-order valence-corrected chi connectivity index (χ2v) is 6.80. The van der Waals surface area contributed by atoms with E-state index in [9.17, 15) is 14.4 Å². The standard InChI is InChI=1S/C23H19ClN2O3/c24-21-9-5-4-8-20(21)23(29)26-18-12-10-17(11-13-18)22(28)25-15-19(27)14-16-6-2-1-3-7-16/h1-13H,14-15H2,(H,25,28)(H,26,29). The Morgan fingerprint density at radius 3 is 2.10 bits per heavy atom. The number of rotatable bonds is 7. The van der Waals surface area contributed by atoms with Gasteiger partial charge in [-0.3, -0.25) is 14.4 Å². The second kappa shape index (κ2) is 9.66. The van der Waals surface area contributed by atoms with Gasteiger partial charge in [-0.15, -0.1) is 0 Å². The maximum Gasteiger partial charge on any atom is 0.257 e. The molecule has 146 valence electrons. The van der Waals surface area contributed by atoms with Gasteiger partial charge < -0.3 is 10.6 Å². The summed E-state index contributed by atoms with van der Waals surface area (Å²) in [5, 5.41) is 5.71. The van der Waals surface area contributed by atoms with Crippen LogP contribution in [0.4, 0.5) is 5.69 Å². The van der Waals surface area contributed by atoms with E-state index in [2.05, 4.69) is 10.6 Å². The molecule has 0 bridgehead atoms. The average molecular weight is 407 g/mol. The minimum Gasteiger partial charge on any atom is -0.345 e. The molecule has 3 rings (SSSR count). The maximum absolute atomic E-state index is 12.3. The summed E-state index contributed by atoms with van der Waals surface area (Å²) in [6, 6.07) is 22.5. The summed E-state index contributed by atoms with van der Waals surface area (Å²) in [5.41, 5.74) is 2.21. The van der Waals surface area contributed by atoms with Crippen molar-refractivity contribution in [3.63, 3.8) is 0 Å². The predicted molar refractivity (Wildman–Crippen MR) is 113 cm³/mol. The lowest BCUT2D eigenvalue weighted by molar-refractivity contribution is -0.117. The molecule has 0 unspecified atom stereocenters. The number of halogens is 1. The predicted octanol–water partition coefficient (Wildman–Crippen LogP) is 4.13. The molecule has 0 aliphatic rings. The zero-order chi connectivity index (χ0) is 20.6. The lowest BCUT2D eigenvalue weighted by Gasteiger charge is -2.08. The fourth-order valence-corrected chi connectivity index (χ4v) is 2.94. The largest absolute Gasteiger partial charge is 0.345 e. The Morgan fingerprint density at radius 2 is 1.41 bits per heavy atom. The van der Waals surface area contributed by atoms with Gasteiger partial charge in [-0.05, 0) is 42.0 Å². The third-order valence-electron chi connectivity index (χ3n) is 4.21. The van der Waals surface area contributed by atoms with Crippen molar-refractivity contribution in [1.82, 2.24) is 5.32 Å². The van der Waals surface area contributed by atoms with E-state index in [4.69, 9.17) is 11.6 Å². The van der Waals surface area contributed by atoms with Crippen molar-refractivity contribution in [2.24, 2.45) is 0 Å². The molecule has 6 heteroatoms. The Kier molecular flexibility index (Phi) is 6.76. The highest BCUT2D eigenvalue weighted by Crippen LogP contribution is 2.17. The van der Waals surface area contributed by atoms with Crippen LogP contribution in [0.25, 0.3) is 0 Å². The number of benzene rings is 3. The van der Waals surface area contributed by atoms with Crippen LogP contribution >= 0.6 is 11.6 Å². The van der Waals surface area contributed by atoms with E-state index < -0.39 is 0 Å². The molecule has 0 aliphatic carbocycles. The number of nitrogens with one attached hydrogen (secondary N) is 2. The quantitative estimate of drug-likeness (QED) is 0.619. The Balaban J connectivity index is 1.53. The molecule has 0 fully saturated rings. The molecule has 0 atom stereocenters. The van der Waals surface area contributed by atoms with Gasteiger partial charge in [0.25, 0.3) is 11.8 Å². The summed E-state index contributed by atoms with van der Waals surface area (Å²) >= 11 is 6.02. The van der Waals surface area contributed by atoms with Crippen LogP contribution in [0.1, 0.15) is 26.3 Å². The Bertz CT molecular complexity index is 1020. The number of carbonyl (C=O) groups excluding carboxylic acids is 3. The molecule has 5 nitrogen and oxygen atoms in total. The first kappa shape index (κ1) is 20.3. The highest BCUT2D eigenvalue weighted by atomic mass is 35.5. The fourth-order valence-electron chi connectivity index (χ4n) is 2.72. The van der Waals surface area contributed by atoms with E-state index >= 15 is 0 Å². The van der Waals surface area contributed by atoms with Crippen molar-refractivity contribution in [2.45, 2.75) is 6.42 Å². The molecular weight excluding hydrogens is 388 g/mol. The average Bonchev–Trinajstić information content (AvgIpc) is 2.73. The van der Waals surface area contributed by atoms with Crippen molar-refractivity contribution in [1.29, 1.82) is 0 Å². The first-order valence-electron chi connectivity index (χ1n) is 9.02. The van der Waals surface area contributed by atoms with Crippen molar-refractivity contribution in [3.8, 4) is 0 Å². The first-order valence-corrected chi connectivity index (χ1v) is 9.40. The zero-order valence-electron chi connectivity index (χ0n) is 15.5. The van der Waals surface area contributed by atoms with Crippen molar-refractivity contribution >= 4 is 34.9 Å². The molecule has 0 radical (unpaired) electrons. The molecule has 0 saturated heterocycles. The van der Waals surface area contributed by atoms with Gasteiger partial charge in [0, 0.05) is 17.7 Å². The second-order valence-electron chi connectivity index (χ2n) is 6.40. The maximum atomic E-state index is 12.3. The van der Waals surface area contributed by atoms with E-state index in [1.165, 1.54) is 0 Å². The summed E-state index contributed by atoms with van der Waals surface area (Å²) in [5.74, 6) is -0.761. The summed E-state index contributed by atoms with van der Waals surface area (Å²) in [4.78, 5) is 36.5. The van der Waals surface area contributed by atoms with Gasteiger partial charge in [-0.25, -0.2) is 0 Å². The lowest BCUT2D eigenvalue weighted by Crippen LogP contribution is -2.30. The lowest BCUT2D eigenvalue weighted by atomic mass is 10.1. The highest BCUT2D eigenvalue weighted by molar-refractivity contribution is 6.34. The van der Waals surface area contributed by atoms with Crippen LogP contribution in [0.2, 0.25) is 5.02 Å². The zero-order valence-corrected chi connectivity index (χ0v) is 16.3. The van der Waals surface area contributed by atoms with Gasteiger partial charge in [0.2, 0.25) is 0 Å². The van der Waals surface area contributed by atoms with Crippen LogP contribution in [-0.4, -0.2) is 24.1 Å². The van der Waals surface area contributed by atoms with Gasteiger partial charge in [0.05, 0.1) is 17.1 Å². The monoisotopic (exact) mass is 406 g/mol. The molecule has 3 aromatic rings. The first-order chi connectivity index (χ1) is 14.0. The number of anilines is 1. The van der Waals surface area contributed by atoms with Crippen LogP contribution in [0.3, 0.4) is 0 Å². The Morgan fingerprint density at radius 1 is 0.759 bits per heavy atom. The van der Waals surface area contributed by atoms with Crippen LogP contribution in [0, 0.1) is 0 Å². The smallest absolute Gasteiger partial charge is 0.257 e. The molecule has 0 spiro atoms.